The van der Waals surface area contributed by atoms with Crippen molar-refractivity contribution in [2.45, 2.75) is 99.3 Å². The molecule has 3 nitrogen and oxygen atoms in total. The maximum atomic E-state index is 15.0. The average Bonchev–Trinajstić information content (AvgIpc) is 3.33. The van der Waals surface area contributed by atoms with Crippen LogP contribution in [0.1, 0.15) is 115 Å². The van der Waals surface area contributed by atoms with Gasteiger partial charge in [-0.2, -0.15) is 0 Å². The van der Waals surface area contributed by atoms with Crippen LogP contribution in [0, 0.1) is 62.5 Å². The molecule has 228 valence electrons. The third kappa shape index (κ3) is 3.75. The molecule has 0 bridgehead atoms. The molecule has 0 spiro atoms. The van der Waals surface area contributed by atoms with Crippen LogP contribution in [0.3, 0.4) is 0 Å². The van der Waals surface area contributed by atoms with E-state index in [0.29, 0.717) is 29.6 Å². The number of hydrogen-bond acceptors (Lipinski definition) is 3. The fourth-order valence-corrected chi connectivity index (χ4v) is 12.5. The second-order valence-corrected chi connectivity index (χ2v) is 16.3. The lowest BCUT2D eigenvalue weighted by Crippen LogP contribution is -2.65. The average molecular weight is 575 g/mol. The molecular formula is C38H51FO3. The molecule has 1 unspecified atom stereocenters. The second kappa shape index (κ2) is 9.63. The Morgan fingerprint density at radius 3 is 2.36 bits per heavy atom. The number of methoxy groups -OCH3 is 1. The molecule has 0 heterocycles. The van der Waals surface area contributed by atoms with Gasteiger partial charge >= 0.3 is 5.97 Å². The van der Waals surface area contributed by atoms with Gasteiger partial charge < -0.3 is 9.53 Å². The van der Waals surface area contributed by atoms with Crippen molar-refractivity contribution in [2.75, 3.05) is 7.11 Å². The molecule has 9 atom stereocenters. The standard InChI is InChI=1S/C38H51FO3/c1-23(2)25-13-18-38(22-40)20-19-36(6)28(32(25)38)11-12-31-35(5)16-14-27(34(3,4)30(35)15-17-37(31,36)7)24-9-10-26(29(39)21-24)33(41)42-8/h9-10,14,21-22,25,28,30-32H,1,11-13,15-20H2,2-8H3/t25-,28+,30-,31?,32+,35-,36+,37+,38+/m0/s1. The molecule has 4 fully saturated rings. The van der Waals surface area contributed by atoms with Crippen LogP contribution >= 0.6 is 0 Å². The molecule has 4 saturated carbocycles. The zero-order valence-electron chi connectivity index (χ0n) is 26.9. The predicted octanol–water partition coefficient (Wildman–Crippen LogP) is 9.46. The first-order valence-corrected chi connectivity index (χ1v) is 16.4. The summed E-state index contributed by atoms with van der Waals surface area (Å²) in [6.07, 6.45) is 13.9. The quantitative estimate of drug-likeness (QED) is 0.204. The Hall–Kier alpha value is -2.23. The molecule has 5 aliphatic carbocycles. The van der Waals surface area contributed by atoms with Gasteiger partial charge in [0.2, 0.25) is 0 Å². The number of ether oxygens (including phenoxy) is 1. The van der Waals surface area contributed by atoms with E-state index in [1.54, 1.807) is 6.07 Å². The van der Waals surface area contributed by atoms with Crippen molar-refractivity contribution in [1.82, 2.24) is 0 Å². The van der Waals surface area contributed by atoms with Gasteiger partial charge in [0.15, 0.2) is 0 Å². The highest BCUT2D eigenvalue weighted by molar-refractivity contribution is 5.90. The van der Waals surface area contributed by atoms with Crippen molar-refractivity contribution >= 4 is 17.8 Å². The highest BCUT2D eigenvalue weighted by Gasteiger charge is 2.70. The fourth-order valence-electron chi connectivity index (χ4n) is 12.5. The van der Waals surface area contributed by atoms with Gasteiger partial charge in [0, 0.05) is 5.41 Å². The van der Waals surface area contributed by atoms with Crippen molar-refractivity contribution in [3.05, 3.63) is 53.4 Å². The van der Waals surface area contributed by atoms with Gasteiger partial charge in [0.1, 0.15) is 12.1 Å². The lowest BCUT2D eigenvalue weighted by molar-refractivity contribution is -0.223. The monoisotopic (exact) mass is 574 g/mol. The Kier molecular flexibility index (Phi) is 6.84. The number of benzene rings is 1. The molecular weight excluding hydrogens is 523 g/mol. The summed E-state index contributed by atoms with van der Waals surface area (Å²) in [5.74, 6) is 1.41. The van der Waals surface area contributed by atoms with Crippen LogP contribution in [0.5, 0.6) is 0 Å². The van der Waals surface area contributed by atoms with Crippen molar-refractivity contribution in [2.24, 2.45) is 56.7 Å². The topological polar surface area (TPSA) is 43.4 Å². The second-order valence-electron chi connectivity index (χ2n) is 16.3. The number of fused-ring (bicyclic) bond motifs is 7. The van der Waals surface area contributed by atoms with Gasteiger partial charge in [-0.25, -0.2) is 9.18 Å². The number of rotatable bonds is 4. The van der Waals surface area contributed by atoms with Gasteiger partial charge in [-0.1, -0.05) is 58.9 Å². The summed E-state index contributed by atoms with van der Waals surface area (Å²) < 4.78 is 19.8. The van der Waals surface area contributed by atoms with Crippen LogP contribution in [0.25, 0.3) is 5.57 Å². The van der Waals surface area contributed by atoms with Crippen molar-refractivity contribution in [1.29, 1.82) is 0 Å². The molecule has 0 aromatic heterocycles. The lowest BCUT2D eigenvalue weighted by atomic mass is 9.32. The summed E-state index contributed by atoms with van der Waals surface area (Å²) in [7, 11) is 1.28. The molecule has 0 saturated heterocycles. The SMILES string of the molecule is C=C(C)[C@@H]1CC[C@]2(C=O)CC[C@]3(C)[C@H](CCC4[C@@]5(C)CC=C(c6ccc(C(=O)OC)c(F)c6)C(C)(C)[C@@H]5CC[C@]43C)[C@@H]12. The number of aldehydes is 1. The molecule has 0 aliphatic heterocycles. The molecule has 42 heavy (non-hydrogen) atoms. The molecule has 0 radical (unpaired) electrons. The summed E-state index contributed by atoms with van der Waals surface area (Å²) in [6.45, 7) is 19.1. The normalized spacial score (nSPS) is 43.6. The van der Waals surface area contributed by atoms with Gasteiger partial charge in [0.25, 0.3) is 0 Å². The van der Waals surface area contributed by atoms with Crippen LogP contribution in [-0.4, -0.2) is 19.4 Å². The van der Waals surface area contributed by atoms with Gasteiger partial charge in [-0.15, -0.1) is 0 Å². The van der Waals surface area contributed by atoms with Crippen LogP contribution < -0.4 is 0 Å². The van der Waals surface area contributed by atoms with E-state index >= 15 is 4.39 Å². The number of carbonyl (C=O) groups excluding carboxylic acids is 2. The molecule has 5 aliphatic rings. The first kappa shape index (κ1) is 29.8. The Morgan fingerprint density at radius 2 is 1.71 bits per heavy atom. The minimum Gasteiger partial charge on any atom is -0.465 e. The Morgan fingerprint density at radius 1 is 0.976 bits per heavy atom. The molecule has 1 aromatic carbocycles. The highest BCUT2D eigenvalue weighted by Crippen LogP contribution is 2.77. The van der Waals surface area contributed by atoms with Gasteiger partial charge in [-0.05, 0) is 139 Å². The smallest absolute Gasteiger partial charge is 0.340 e. The molecule has 6 rings (SSSR count). The fraction of sp³-hybridized carbons (Fsp3) is 0.684. The maximum Gasteiger partial charge on any atom is 0.340 e. The number of allylic oxidation sites excluding steroid dienone is 3. The minimum absolute atomic E-state index is 0.0130. The molecule has 0 amide bonds. The Balaban J connectivity index is 1.36. The van der Waals surface area contributed by atoms with E-state index < -0.39 is 11.8 Å². The Labute approximate surface area is 252 Å². The van der Waals surface area contributed by atoms with Crippen LogP contribution in [0.4, 0.5) is 4.39 Å². The number of hydrogen-bond donors (Lipinski definition) is 0. The number of halogens is 1. The largest absolute Gasteiger partial charge is 0.465 e. The van der Waals surface area contributed by atoms with Gasteiger partial charge in [0.05, 0.1) is 12.7 Å². The minimum atomic E-state index is -0.639. The molecule has 4 heteroatoms. The summed E-state index contributed by atoms with van der Waals surface area (Å²) in [5, 5.41) is 0. The molecule has 0 N–H and O–H groups in total. The predicted molar refractivity (Wildman–Crippen MR) is 166 cm³/mol. The summed E-state index contributed by atoms with van der Waals surface area (Å²) >= 11 is 0. The summed E-state index contributed by atoms with van der Waals surface area (Å²) in [4.78, 5) is 24.8. The first-order chi connectivity index (χ1) is 19.7. The third-order valence-corrected chi connectivity index (χ3v) is 14.6. The Bertz CT molecular complexity index is 1360. The summed E-state index contributed by atoms with van der Waals surface area (Å²) in [5.41, 5.74) is 3.64. The van der Waals surface area contributed by atoms with Crippen molar-refractivity contribution in [3.63, 3.8) is 0 Å². The lowest BCUT2D eigenvalue weighted by Gasteiger charge is -2.72. The van der Waals surface area contributed by atoms with Crippen LogP contribution in [0.2, 0.25) is 0 Å². The van der Waals surface area contributed by atoms with E-state index in [1.165, 1.54) is 49.9 Å². The van der Waals surface area contributed by atoms with E-state index in [9.17, 15) is 9.59 Å². The summed E-state index contributed by atoms with van der Waals surface area (Å²) in [6, 6.07) is 5.00. The number of carbonyl (C=O) groups is 2. The van der Waals surface area contributed by atoms with Gasteiger partial charge in [-0.3, -0.25) is 0 Å². The van der Waals surface area contributed by atoms with Crippen molar-refractivity contribution in [3.8, 4) is 0 Å². The number of esters is 1. The third-order valence-electron chi connectivity index (χ3n) is 14.6. The van der Waals surface area contributed by atoms with E-state index in [-0.39, 0.29) is 32.6 Å². The van der Waals surface area contributed by atoms with Crippen LogP contribution in [0.15, 0.2) is 36.4 Å². The van der Waals surface area contributed by atoms with Crippen LogP contribution in [-0.2, 0) is 9.53 Å². The van der Waals surface area contributed by atoms with E-state index in [1.807, 2.05) is 6.07 Å². The maximum absolute atomic E-state index is 15.0. The van der Waals surface area contributed by atoms with E-state index in [4.69, 9.17) is 4.74 Å². The van der Waals surface area contributed by atoms with E-state index in [0.717, 1.165) is 44.1 Å². The zero-order chi connectivity index (χ0) is 30.5. The zero-order valence-corrected chi connectivity index (χ0v) is 26.9. The highest BCUT2D eigenvalue weighted by atomic mass is 19.1. The van der Waals surface area contributed by atoms with Crippen molar-refractivity contribution < 1.29 is 18.7 Å². The van der Waals surface area contributed by atoms with E-state index in [2.05, 4.69) is 54.2 Å². The first-order valence-electron chi connectivity index (χ1n) is 16.4. The molecule has 1 aromatic rings.